The lowest BCUT2D eigenvalue weighted by molar-refractivity contribution is -0.175. The van der Waals surface area contributed by atoms with Gasteiger partial charge in [-0.15, -0.1) is 0 Å². The second kappa shape index (κ2) is 11.3. The number of aliphatic carboxylic acids is 1. The normalized spacial score (nSPS) is 39.1. The SMILES string of the molecule is CC(CCC(=O)NC(Cc1c[nH]c2ccccc12)C(=O)O)[C@H]1CC[C@H]2[C@@H]3CC[C@@H]4C[C@H](O)CC[C@]4(C)[C@H]3C[C@H](O)[C@]12C. The Bertz CT molecular complexity index is 1310. The number of carbonyl (C=O) groups excluding carboxylic acids is 1. The van der Waals surface area contributed by atoms with Gasteiger partial charge in [0.2, 0.25) is 5.91 Å². The third-order valence-corrected chi connectivity index (χ3v) is 13.1. The van der Waals surface area contributed by atoms with Crippen molar-refractivity contribution in [3.63, 3.8) is 0 Å². The highest BCUT2D eigenvalue weighted by Gasteiger charge is 2.63. The second-order valence-corrected chi connectivity index (χ2v) is 14.9. The maximum atomic E-state index is 13.0. The summed E-state index contributed by atoms with van der Waals surface area (Å²) in [7, 11) is 0. The zero-order valence-corrected chi connectivity index (χ0v) is 25.5. The predicted octanol–water partition coefficient (Wildman–Crippen LogP) is 5.69. The number of para-hydroxylation sites is 1. The van der Waals surface area contributed by atoms with Gasteiger partial charge >= 0.3 is 5.97 Å². The molecule has 4 aliphatic rings. The molecule has 0 bridgehead atoms. The third kappa shape index (κ3) is 4.98. The number of carboxylic acid groups (broad SMARTS) is 1. The van der Waals surface area contributed by atoms with E-state index in [9.17, 15) is 24.9 Å². The van der Waals surface area contributed by atoms with Crippen LogP contribution < -0.4 is 5.32 Å². The van der Waals surface area contributed by atoms with Crippen LogP contribution in [0.2, 0.25) is 0 Å². The van der Waals surface area contributed by atoms with Crippen LogP contribution in [0.25, 0.3) is 10.9 Å². The molecule has 7 nitrogen and oxygen atoms in total. The van der Waals surface area contributed by atoms with Gasteiger partial charge in [-0.05, 0) is 116 Å². The van der Waals surface area contributed by atoms with Crippen molar-refractivity contribution in [2.75, 3.05) is 0 Å². The number of aliphatic hydroxyl groups is 2. The van der Waals surface area contributed by atoms with Crippen LogP contribution in [0.5, 0.6) is 0 Å². The summed E-state index contributed by atoms with van der Waals surface area (Å²) in [5, 5.41) is 35.8. The van der Waals surface area contributed by atoms with Crippen molar-refractivity contribution in [1.82, 2.24) is 10.3 Å². The number of nitrogens with one attached hydrogen (secondary N) is 2. The van der Waals surface area contributed by atoms with E-state index in [2.05, 4.69) is 31.1 Å². The molecule has 1 aromatic heterocycles. The Labute approximate surface area is 249 Å². The lowest BCUT2D eigenvalue weighted by Gasteiger charge is -2.62. The first-order valence-corrected chi connectivity index (χ1v) is 16.5. The molecule has 0 aliphatic heterocycles. The monoisotopic (exact) mass is 578 g/mol. The van der Waals surface area contributed by atoms with Gasteiger partial charge in [-0.25, -0.2) is 4.79 Å². The maximum absolute atomic E-state index is 13.0. The van der Waals surface area contributed by atoms with Gasteiger partial charge in [0.15, 0.2) is 0 Å². The van der Waals surface area contributed by atoms with Crippen molar-refractivity contribution in [2.45, 2.75) is 110 Å². The summed E-state index contributed by atoms with van der Waals surface area (Å²) in [6.45, 7) is 7.01. The van der Waals surface area contributed by atoms with E-state index < -0.39 is 12.0 Å². The number of hydrogen-bond donors (Lipinski definition) is 5. The first-order chi connectivity index (χ1) is 20.0. The number of H-pyrrole nitrogens is 1. The first-order valence-electron chi connectivity index (χ1n) is 16.5. The van der Waals surface area contributed by atoms with Crippen LogP contribution in [-0.2, 0) is 16.0 Å². The minimum Gasteiger partial charge on any atom is -0.480 e. The number of aromatic amines is 1. The quantitative estimate of drug-likeness (QED) is 0.276. The van der Waals surface area contributed by atoms with Gasteiger partial charge in [-0.3, -0.25) is 4.79 Å². The number of rotatable bonds is 8. The first kappa shape index (κ1) is 29.7. The van der Waals surface area contributed by atoms with E-state index in [4.69, 9.17) is 0 Å². The molecule has 0 radical (unpaired) electrons. The highest BCUT2D eigenvalue weighted by atomic mass is 16.4. The number of amides is 1. The molecule has 11 atom stereocenters. The Morgan fingerprint density at radius 2 is 1.83 bits per heavy atom. The topological polar surface area (TPSA) is 123 Å². The molecule has 6 rings (SSSR count). The van der Waals surface area contributed by atoms with E-state index in [1.54, 1.807) is 0 Å². The van der Waals surface area contributed by atoms with Crippen molar-refractivity contribution >= 4 is 22.8 Å². The number of benzene rings is 1. The molecule has 2 aromatic rings. The van der Waals surface area contributed by atoms with E-state index in [1.807, 2.05) is 30.5 Å². The average Bonchev–Trinajstić information content (AvgIpc) is 3.54. The minimum absolute atomic E-state index is 0.145. The molecule has 7 heteroatoms. The Morgan fingerprint density at radius 3 is 2.62 bits per heavy atom. The summed E-state index contributed by atoms with van der Waals surface area (Å²) in [5.74, 6) is 1.62. The van der Waals surface area contributed by atoms with Crippen molar-refractivity contribution < 1.29 is 24.9 Å². The summed E-state index contributed by atoms with van der Waals surface area (Å²) < 4.78 is 0. The zero-order chi connectivity index (χ0) is 29.8. The largest absolute Gasteiger partial charge is 0.480 e. The van der Waals surface area contributed by atoms with Gasteiger partial charge in [0.25, 0.3) is 0 Å². The molecule has 5 N–H and O–H groups in total. The van der Waals surface area contributed by atoms with E-state index >= 15 is 0 Å². The molecule has 1 amide bonds. The van der Waals surface area contributed by atoms with Gasteiger partial charge in [-0.1, -0.05) is 39.0 Å². The minimum atomic E-state index is -1.02. The van der Waals surface area contributed by atoms with Crippen molar-refractivity contribution in [3.05, 3.63) is 36.0 Å². The van der Waals surface area contributed by atoms with Gasteiger partial charge in [-0.2, -0.15) is 0 Å². The van der Waals surface area contributed by atoms with Crippen molar-refractivity contribution in [2.24, 2.45) is 46.3 Å². The zero-order valence-electron chi connectivity index (χ0n) is 25.5. The molecular formula is C35H50N2O5. The van der Waals surface area contributed by atoms with Crippen LogP contribution in [0.3, 0.4) is 0 Å². The number of carboxylic acids is 1. The fourth-order valence-electron chi connectivity index (χ4n) is 10.7. The van der Waals surface area contributed by atoms with Crippen LogP contribution in [0, 0.1) is 46.3 Å². The third-order valence-electron chi connectivity index (χ3n) is 13.1. The fraction of sp³-hybridized carbons (Fsp3) is 0.714. The Kier molecular flexibility index (Phi) is 7.97. The summed E-state index contributed by atoms with van der Waals surface area (Å²) >= 11 is 0. The van der Waals surface area contributed by atoms with Crippen molar-refractivity contribution in [3.8, 4) is 0 Å². The average molecular weight is 579 g/mol. The van der Waals surface area contributed by atoms with Gasteiger partial charge in [0, 0.05) is 29.9 Å². The molecule has 1 aromatic carbocycles. The summed E-state index contributed by atoms with van der Waals surface area (Å²) in [4.78, 5) is 28.3. The molecule has 1 heterocycles. The van der Waals surface area contributed by atoms with Crippen LogP contribution in [-0.4, -0.2) is 50.4 Å². The fourth-order valence-corrected chi connectivity index (χ4v) is 10.7. The number of hydrogen-bond acceptors (Lipinski definition) is 4. The molecule has 230 valence electrons. The number of fused-ring (bicyclic) bond motifs is 6. The maximum Gasteiger partial charge on any atom is 0.326 e. The van der Waals surface area contributed by atoms with Crippen LogP contribution in [0.15, 0.2) is 30.5 Å². The summed E-state index contributed by atoms with van der Waals surface area (Å²) in [6.07, 6.45) is 10.9. The Hall–Kier alpha value is -2.38. The molecular weight excluding hydrogens is 528 g/mol. The summed E-state index contributed by atoms with van der Waals surface area (Å²) in [6, 6.07) is 6.81. The number of carbonyl (C=O) groups is 2. The van der Waals surface area contributed by atoms with E-state index in [0.717, 1.165) is 55.0 Å². The predicted molar refractivity (Wildman–Crippen MR) is 163 cm³/mol. The van der Waals surface area contributed by atoms with Crippen molar-refractivity contribution in [1.29, 1.82) is 0 Å². The molecule has 2 unspecified atom stereocenters. The van der Waals surface area contributed by atoms with Crippen LogP contribution in [0.1, 0.15) is 90.5 Å². The number of aliphatic hydroxyl groups excluding tert-OH is 2. The Morgan fingerprint density at radius 1 is 1.05 bits per heavy atom. The summed E-state index contributed by atoms with van der Waals surface area (Å²) in [5.41, 5.74) is 1.91. The van der Waals surface area contributed by atoms with E-state index in [0.29, 0.717) is 42.4 Å². The Balaban J connectivity index is 1.08. The van der Waals surface area contributed by atoms with Gasteiger partial charge < -0.3 is 25.6 Å². The second-order valence-electron chi connectivity index (χ2n) is 14.9. The van der Waals surface area contributed by atoms with Gasteiger partial charge in [0.05, 0.1) is 12.2 Å². The molecule has 4 aliphatic carbocycles. The van der Waals surface area contributed by atoms with Crippen LogP contribution >= 0.6 is 0 Å². The highest BCUT2D eigenvalue weighted by molar-refractivity contribution is 5.86. The van der Waals surface area contributed by atoms with E-state index in [1.165, 1.54) is 12.8 Å². The standard InChI is InChI=1S/C35H50N2O5/c1-20(8-13-32(40)37-30(33(41)42)16-21-19-36-29-7-5-4-6-24(21)29)26-11-12-27-25-10-9-22-17-23(38)14-15-34(22,2)28(25)18-31(39)35(26,27)3/h4-7,19-20,22-23,25-28,30-31,36,38-39H,8-18H2,1-3H3,(H,37,40)(H,41,42)/t20?,22-,23-,25+,26-,27+,28+,30?,31+,34+,35-/m1/s1. The molecule has 0 saturated heterocycles. The molecule has 42 heavy (non-hydrogen) atoms. The lowest BCUT2D eigenvalue weighted by Crippen LogP contribution is -2.58. The smallest absolute Gasteiger partial charge is 0.326 e. The number of aromatic nitrogens is 1. The van der Waals surface area contributed by atoms with Crippen LogP contribution in [0.4, 0.5) is 0 Å². The van der Waals surface area contributed by atoms with E-state index in [-0.39, 0.29) is 41.3 Å². The highest BCUT2D eigenvalue weighted by Crippen LogP contribution is 2.68. The molecule has 4 fully saturated rings. The molecule has 0 spiro atoms. The molecule has 4 saturated carbocycles. The lowest BCUT2D eigenvalue weighted by atomic mass is 9.43. The van der Waals surface area contributed by atoms with Gasteiger partial charge in [0.1, 0.15) is 6.04 Å².